The van der Waals surface area contributed by atoms with Crippen LogP contribution in [-0.2, 0) is 29.5 Å². The highest BCUT2D eigenvalue weighted by atomic mass is 32.2. The standard InChI is InChI=1S/C30H42N2O8S2/c1-5-7-9-11-25(39-29(33)31-41(35,36)27-19-13-23(3)14-20-27)17-18-26(12-10-8-6-2)40-30(34)32-42(37,38)28-21-15-24(4)16-22-28/h13-22,25-26H,5-12H2,1-4H3,(H,31,33)(H,32,34)/b18-17+/t25-,26-/m0/s1. The lowest BCUT2D eigenvalue weighted by Crippen LogP contribution is -2.34. The molecule has 0 aromatic heterocycles. The Kier molecular flexibility index (Phi) is 14.0. The summed E-state index contributed by atoms with van der Waals surface area (Å²) in [4.78, 5) is 25.0. The van der Waals surface area contributed by atoms with E-state index < -0.39 is 44.4 Å². The van der Waals surface area contributed by atoms with Crippen LogP contribution in [0.3, 0.4) is 0 Å². The SMILES string of the molecule is CCCCC[C@@H](/C=C/[C@H](CCCCC)OC(=O)NS(=O)(=O)c1ccc(C)cc1)OC(=O)NS(=O)(=O)c1ccc(C)cc1. The van der Waals surface area contributed by atoms with Gasteiger partial charge in [0.2, 0.25) is 0 Å². The maximum absolute atomic E-state index is 12.6. The minimum Gasteiger partial charge on any atom is -0.441 e. The summed E-state index contributed by atoms with van der Waals surface area (Å²) in [6, 6.07) is 12.1. The van der Waals surface area contributed by atoms with Crippen LogP contribution in [0.2, 0.25) is 0 Å². The summed E-state index contributed by atoms with van der Waals surface area (Å²) in [5, 5.41) is 0. The van der Waals surface area contributed by atoms with Gasteiger partial charge in [-0.15, -0.1) is 0 Å². The maximum atomic E-state index is 12.6. The van der Waals surface area contributed by atoms with Gasteiger partial charge >= 0.3 is 12.2 Å². The number of sulfonamides is 2. The first kappa shape index (κ1) is 34.8. The van der Waals surface area contributed by atoms with E-state index in [9.17, 15) is 26.4 Å². The van der Waals surface area contributed by atoms with Gasteiger partial charge in [-0.3, -0.25) is 0 Å². The summed E-state index contributed by atoms with van der Waals surface area (Å²) < 4.78 is 65.2. The zero-order valence-electron chi connectivity index (χ0n) is 24.7. The van der Waals surface area contributed by atoms with Crippen molar-refractivity contribution in [2.24, 2.45) is 0 Å². The van der Waals surface area contributed by atoms with Crippen LogP contribution in [0.25, 0.3) is 0 Å². The molecule has 12 heteroatoms. The van der Waals surface area contributed by atoms with Crippen molar-refractivity contribution < 1.29 is 35.9 Å². The predicted octanol–water partition coefficient (Wildman–Crippen LogP) is 6.29. The number of ether oxygens (including phenoxy) is 2. The van der Waals surface area contributed by atoms with Crippen molar-refractivity contribution in [2.75, 3.05) is 0 Å². The summed E-state index contributed by atoms with van der Waals surface area (Å²) in [5.74, 6) is 0. The molecule has 0 unspecified atom stereocenters. The van der Waals surface area contributed by atoms with Crippen molar-refractivity contribution in [2.45, 2.75) is 101 Å². The second-order valence-electron chi connectivity index (χ2n) is 10.1. The quantitative estimate of drug-likeness (QED) is 0.164. The van der Waals surface area contributed by atoms with Gasteiger partial charge in [0.25, 0.3) is 20.0 Å². The molecule has 0 saturated heterocycles. The summed E-state index contributed by atoms with van der Waals surface area (Å²) in [6.07, 6.45) is 5.04. The van der Waals surface area contributed by atoms with Crippen molar-refractivity contribution in [1.82, 2.24) is 9.44 Å². The van der Waals surface area contributed by atoms with Crippen LogP contribution in [-0.4, -0.2) is 41.2 Å². The molecule has 0 aliphatic rings. The van der Waals surface area contributed by atoms with E-state index in [-0.39, 0.29) is 9.79 Å². The van der Waals surface area contributed by atoms with E-state index in [1.165, 1.54) is 24.3 Å². The fourth-order valence-corrected chi connectivity index (χ4v) is 5.68. The molecule has 2 aromatic rings. The molecule has 2 N–H and O–H groups in total. The molecule has 0 spiro atoms. The molecule has 2 amide bonds. The van der Waals surface area contributed by atoms with Gasteiger partial charge in [-0.05, 0) is 75.9 Å². The van der Waals surface area contributed by atoms with E-state index in [4.69, 9.17) is 9.47 Å². The number of benzene rings is 2. The topological polar surface area (TPSA) is 145 Å². The van der Waals surface area contributed by atoms with Gasteiger partial charge < -0.3 is 9.47 Å². The third-order valence-corrected chi connectivity index (χ3v) is 9.00. The van der Waals surface area contributed by atoms with Crippen molar-refractivity contribution in [1.29, 1.82) is 0 Å². The summed E-state index contributed by atoms with van der Waals surface area (Å²) in [5.41, 5.74) is 1.74. The molecule has 10 nitrogen and oxygen atoms in total. The highest BCUT2D eigenvalue weighted by molar-refractivity contribution is 7.90. The van der Waals surface area contributed by atoms with Crippen LogP contribution in [0.15, 0.2) is 70.5 Å². The minimum absolute atomic E-state index is 0.0703. The average molecular weight is 623 g/mol. The van der Waals surface area contributed by atoms with Crippen LogP contribution >= 0.6 is 0 Å². The first-order chi connectivity index (χ1) is 19.9. The van der Waals surface area contributed by atoms with Gasteiger partial charge in [0.15, 0.2) is 0 Å². The van der Waals surface area contributed by atoms with Crippen molar-refractivity contribution in [3.63, 3.8) is 0 Å². The molecule has 0 saturated carbocycles. The Morgan fingerprint density at radius 2 is 0.976 bits per heavy atom. The minimum atomic E-state index is -4.14. The third-order valence-electron chi connectivity index (χ3n) is 6.34. The van der Waals surface area contributed by atoms with Gasteiger partial charge in [-0.1, -0.05) is 74.9 Å². The fraction of sp³-hybridized carbons (Fsp3) is 0.467. The van der Waals surface area contributed by atoms with E-state index >= 15 is 0 Å². The molecule has 0 fully saturated rings. The molecule has 2 rings (SSSR count). The number of carbonyl (C=O) groups is 2. The molecule has 0 bridgehead atoms. The Morgan fingerprint density at radius 3 is 1.29 bits per heavy atom. The van der Waals surface area contributed by atoms with Crippen LogP contribution < -0.4 is 9.44 Å². The second kappa shape index (κ2) is 16.9. The highest BCUT2D eigenvalue weighted by Crippen LogP contribution is 2.16. The average Bonchev–Trinajstić information content (AvgIpc) is 2.91. The normalized spacial score (nSPS) is 13.3. The van der Waals surface area contributed by atoms with E-state index in [1.54, 1.807) is 36.4 Å². The largest absolute Gasteiger partial charge is 0.441 e. The van der Waals surface area contributed by atoms with E-state index in [1.807, 2.05) is 37.1 Å². The lowest BCUT2D eigenvalue weighted by atomic mass is 10.1. The van der Waals surface area contributed by atoms with Crippen LogP contribution in [0, 0.1) is 13.8 Å². The summed E-state index contributed by atoms with van der Waals surface area (Å²) >= 11 is 0. The van der Waals surface area contributed by atoms with Crippen molar-refractivity contribution in [3.8, 4) is 0 Å². The number of nitrogens with one attached hydrogen (secondary N) is 2. The Morgan fingerprint density at radius 1 is 0.643 bits per heavy atom. The molecule has 0 aliphatic heterocycles. The number of rotatable bonds is 16. The van der Waals surface area contributed by atoms with Crippen molar-refractivity contribution in [3.05, 3.63) is 71.8 Å². The summed E-state index contributed by atoms with van der Waals surface area (Å²) in [6.45, 7) is 7.68. The lowest BCUT2D eigenvalue weighted by molar-refractivity contribution is 0.111. The van der Waals surface area contributed by atoms with Crippen LogP contribution in [0.1, 0.15) is 76.3 Å². The third kappa shape index (κ3) is 12.2. The Bertz CT molecular complexity index is 1280. The number of unbranched alkanes of at least 4 members (excludes halogenated alkanes) is 4. The Labute approximate surface area is 250 Å². The molecule has 0 aliphatic carbocycles. The predicted molar refractivity (Wildman–Crippen MR) is 161 cm³/mol. The van der Waals surface area contributed by atoms with E-state index in [0.717, 1.165) is 36.8 Å². The molecular formula is C30H42N2O8S2. The maximum Gasteiger partial charge on any atom is 0.421 e. The first-order valence-electron chi connectivity index (χ1n) is 14.1. The number of aryl methyl sites for hydroxylation is 2. The van der Waals surface area contributed by atoms with Gasteiger partial charge in [-0.2, -0.15) is 0 Å². The number of hydrogen-bond donors (Lipinski definition) is 2. The molecule has 42 heavy (non-hydrogen) atoms. The number of amides is 2. The number of carbonyl (C=O) groups excluding carboxylic acids is 2. The van der Waals surface area contributed by atoms with Gasteiger partial charge in [0.1, 0.15) is 12.2 Å². The molecule has 232 valence electrons. The first-order valence-corrected chi connectivity index (χ1v) is 17.1. The number of hydrogen-bond acceptors (Lipinski definition) is 8. The smallest absolute Gasteiger partial charge is 0.421 e. The van der Waals surface area contributed by atoms with Crippen LogP contribution in [0.5, 0.6) is 0 Å². The molecular weight excluding hydrogens is 580 g/mol. The summed E-state index contributed by atoms with van der Waals surface area (Å²) in [7, 11) is -8.27. The molecule has 2 aromatic carbocycles. The lowest BCUT2D eigenvalue weighted by Gasteiger charge is -2.18. The Balaban J connectivity index is 2.14. The molecule has 0 heterocycles. The van der Waals surface area contributed by atoms with Crippen LogP contribution in [0.4, 0.5) is 9.59 Å². The van der Waals surface area contributed by atoms with Gasteiger partial charge in [-0.25, -0.2) is 35.9 Å². The Hall–Kier alpha value is -3.38. The highest BCUT2D eigenvalue weighted by Gasteiger charge is 2.23. The van der Waals surface area contributed by atoms with Crippen molar-refractivity contribution >= 4 is 32.2 Å². The zero-order valence-corrected chi connectivity index (χ0v) is 26.3. The molecule has 0 radical (unpaired) electrons. The van der Waals surface area contributed by atoms with Gasteiger partial charge in [0.05, 0.1) is 9.79 Å². The monoisotopic (exact) mass is 622 g/mol. The van der Waals surface area contributed by atoms with Gasteiger partial charge in [0, 0.05) is 0 Å². The van der Waals surface area contributed by atoms with E-state index in [0.29, 0.717) is 25.7 Å². The fourth-order valence-electron chi connectivity index (χ4n) is 3.92. The molecule has 2 atom stereocenters. The second-order valence-corrected chi connectivity index (χ2v) is 13.5. The zero-order chi connectivity index (χ0) is 31.2. The van der Waals surface area contributed by atoms with E-state index in [2.05, 4.69) is 0 Å².